The van der Waals surface area contributed by atoms with Gasteiger partial charge in [-0.25, -0.2) is 0 Å². The van der Waals surface area contributed by atoms with E-state index in [-0.39, 0.29) is 11.9 Å². The first-order chi connectivity index (χ1) is 9.24. The standard InChI is InChI=1S/C16H17NO2/c1-3-8-15(16-11-7-12-19-16)17(13(2)18)14-9-5-4-6-10-14/h3-7,9-12,15H,1,8H2,2H3/t15-/m1/s1. The Bertz CT molecular complexity index is 531. The van der Waals surface area contributed by atoms with Crippen LogP contribution in [0.3, 0.4) is 0 Å². The van der Waals surface area contributed by atoms with Gasteiger partial charge in [-0.05, 0) is 30.7 Å². The molecule has 0 unspecified atom stereocenters. The smallest absolute Gasteiger partial charge is 0.224 e. The van der Waals surface area contributed by atoms with Crippen LogP contribution in [0.25, 0.3) is 0 Å². The largest absolute Gasteiger partial charge is 0.467 e. The third-order valence-electron chi connectivity index (χ3n) is 2.95. The highest BCUT2D eigenvalue weighted by Gasteiger charge is 2.25. The van der Waals surface area contributed by atoms with Crippen LogP contribution in [-0.2, 0) is 4.79 Å². The number of amides is 1. The Kier molecular flexibility index (Phi) is 4.18. The van der Waals surface area contributed by atoms with Gasteiger partial charge in [-0.1, -0.05) is 24.3 Å². The maximum Gasteiger partial charge on any atom is 0.224 e. The zero-order valence-electron chi connectivity index (χ0n) is 11.0. The zero-order chi connectivity index (χ0) is 13.7. The lowest BCUT2D eigenvalue weighted by Crippen LogP contribution is -2.32. The number of nitrogens with zero attached hydrogens (tertiary/aromatic N) is 1. The summed E-state index contributed by atoms with van der Waals surface area (Å²) in [6.45, 7) is 5.33. The van der Waals surface area contributed by atoms with Crippen molar-refractivity contribution in [3.05, 3.63) is 67.1 Å². The number of para-hydroxylation sites is 1. The molecule has 98 valence electrons. The van der Waals surface area contributed by atoms with Crippen LogP contribution in [0.1, 0.15) is 25.1 Å². The topological polar surface area (TPSA) is 33.5 Å². The molecule has 3 nitrogen and oxygen atoms in total. The van der Waals surface area contributed by atoms with Crippen LogP contribution in [0, 0.1) is 0 Å². The van der Waals surface area contributed by atoms with Crippen LogP contribution in [0.15, 0.2) is 65.8 Å². The molecule has 1 heterocycles. The van der Waals surface area contributed by atoms with Gasteiger partial charge in [-0.15, -0.1) is 6.58 Å². The van der Waals surface area contributed by atoms with E-state index in [1.54, 1.807) is 24.2 Å². The fourth-order valence-corrected chi connectivity index (χ4v) is 2.16. The summed E-state index contributed by atoms with van der Waals surface area (Å²) in [4.78, 5) is 13.7. The highest BCUT2D eigenvalue weighted by molar-refractivity contribution is 5.92. The van der Waals surface area contributed by atoms with E-state index in [0.717, 1.165) is 11.4 Å². The predicted octanol–water partition coefficient (Wildman–Crippen LogP) is 3.95. The molecule has 1 atom stereocenters. The van der Waals surface area contributed by atoms with Gasteiger partial charge in [-0.2, -0.15) is 0 Å². The first-order valence-corrected chi connectivity index (χ1v) is 6.23. The van der Waals surface area contributed by atoms with Gasteiger partial charge < -0.3 is 9.32 Å². The zero-order valence-corrected chi connectivity index (χ0v) is 11.0. The van der Waals surface area contributed by atoms with E-state index in [0.29, 0.717) is 6.42 Å². The molecule has 3 heteroatoms. The Morgan fingerprint density at radius 3 is 2.58 bits per heavy atom. The second-order valence-corrected chi connectivity index (χ2v) is 4.28. The molecule has 0 saturated heterocycles. The van der Waals surface area contributed by atoms with E-state index in [2.05, 4.69) is 6.58 Å². The van der Waals surface area contributed by atoms with Gasteiger partial charge in [0, 0.05) is 12.6 Å². The lowest BCUT2D eigenvalue weighted by atomic mass is 10.1. The molecular formula is C16H17NO2. The summed E-state index contributed by atoms with van der Waals surface area (Å²) in [5, 5.41) is 0. The van der Waals surface area contributed by atoms with Crippen LogP contribution >= 0.6 is 0 Å². The van der Waals surface area contributed by atoms with E-state index < -0.39 is 0 Å². The van der Waals surface area contributed by atoms with Crippen molar-refractivity contribution in [1.82, 2.24) is 0 Å². The average Bonchev–Trinajstić information content (AvgIpc) is 2.93. The summed E-state index contributed by atoms with van der Waals surface area (Å²) >= 11 is 0. The Morgan fingerprint density at radius 1 is 1.32 bits per heavy atom. The van der Waals surface area contributed by atoms with E-state index in [4.69, 9.17) is 4.42 Å². The van der Waals surface area contributed by atoms with Gasteiger partial charge in [-0.3, -0.25) is 4.79 Å². The van der Waals surface area contributed by atoms with Crippen molar-refractivity contribution < 1.29 is 9.21 Å². The predicted molar refractivity (Wildman–Crippen MR) is 75.9 cm³/mol. The van der Waals surface area contributed by atoms with Gasteiger partial charge >= 0.3 is 0 Å². The highest BCUT2D eigenvalue weighted by atomic mass is 16.3. The molecular weight excluding hydrogens is 238 g/mol. The molecule has 0 aliphatic heterocycles. The quantitative estimate of drug-likeness (QED) is 0.758. The summed E-state index contributed by atoms with van der Waals surface area (Å²) in [5.41, 5.74) is 0.859. The minimum Gasteiger partial charge on any atom is -0.467 e. The Balaban J connectivity index is 2.41. The highest BCUT2D eigenvalue weighted by Crippen LogP contribution is 2.30. The van der Waals surface area contributed by atoms with E-state index in [1.807, 2.05) is 42.5 Å². The third-order valence-corrected chi connectivity index (χ3v) is 2.95. The molecule has 0 fully saturated rings. The third kappa shape index (κ3) is 2.94. The number of benzene rings is 1. The normalized spacial score (nSPS) is 11.8. The van der Waals surface area contributed by atoms with Gasteiger partial charge in [0.15, 0.2) is 0 Å². The molecule has 0 radical (unpaired) electrons. The molecule has 19 heavy (non-hydrogen) atoms. The number of rotatable bonds is 5. The van der Waals surface area contributed by atoms with Crippen molar-refractivity contribution in [2.24, 2.45) is 0 Å². The molecule has 0 spiro atoms. The molecule has 2 aromatic rings. The second kappa shape index (κ2) is 6.05. The Hall–Kier alpha value is -2.29. The maximum absolute atomic E-state index is 12.0. The first kappa shape index (κ1) is 13.1. The monoisotopic (exact) mass is 255 g/mol. The molecule has 2 rings (SSSR count). The fourth-order valence-electron chi connectivity index (χ4n) is 2.16. The van der Waals surface area contributed by atoms with E-state index in [9.17, 15) is 4.79 Å². The molecule has 1 aromatic carbocycles. The van der Waals surface area contributed by atoms with Crippen molar-refractivity contribution in [2.75, 3.05) is 4.90 Å². The van der Waals surface area contributed by atoms with E-state index in [1.165, 1.54) is 0 Å². The van der Waals surface area contributed by atoms with Crippen LogP contribution in [0.4, 0.5) is 5.69 Å². The lowest BCUT2D eigenvalue weighted by molar-refractivity contribution is -0.117. The minimum absolute atomic E-state index is 0.0190. The number of anilines is 1. The maximum atomic E-state index is 12.0. The number of hydrogen-bond acceptors (Lipinski definition) is 2. The number of carbonyl (C=O) groups is 1. The van der Waals surface area contributed by atoms with Gasteiger partial charge in [0.1, 0.15) is 5.76 Å². The number of hydrogen-bond donors (Lipinski definition) is 0. The molecule has 0 bridgehead atoms. The van der Waals surface area contributed by atoms with Crippen LogP contribution < -0.4 is 4.90 Å². The second-order valence-electron chi connectivity index (χ2n) is 4.28. The number of carbonyl (C=O) groups excluding carboxylic acids is 1. The van der Waals surface area contributed by atoms with Crippen molar-refractivity contribution in [2.45, 2.75) is 19.4 Å². The summed E-state index contributed by atoms with van der Waals surface area (Å²) < 4.78 is 5.46. The van der Waals surface area contributed by atoms with Crippen molar-refractivity contribution >= 4 is 11.6 Å². The average molecular weight is 255 g/mol. The van der Waals surface area contributed by atoms with Gasteiger partial charge in [0.05, 0.1) is 12.3 Å². The van der Waals surface area contributed by atoms with Crippen LogP contribution in [0.2, 0.25) is 0 Å². The fraction of sp³-hybridized carbons (Fsp3) is 0.188. The number of furan rings is 1. The Labute approximate surface area is 113 Å². The van der Waals surface area contributed by atoms with Gasteiger partial charge in [0.25, 0.3) is 0 Å². The van der Waals surface area contributed by atoms with Crippen molar-refractivity contribution in [3.63, 3.8) is 0 Å². The summed E-state index contributed by atoms with van der Waals surface area (Å²) in [6, 6.07) is 13.1. The van der Waals surface area contributed by atoms with Crippen molar-refractivity contribution in [3.8, 4) is 0 Å². The SMILES string of the molecule is C=CC[C@H](c1ccco1)N(C(C)=O)c1ccccc1. The first-order valence-electron chi connectivity index (χ1n) is 6.23. The van der Waals surface area contributed by atoms with E-state index >= 15 is 0 Å². The lowest BCUT2D eigenvalue weighted by Gasteiger charge is -2.29. The van der Waals surface area contributed by atoms with Crippen molar-refractivity contribution in [1.29, 1.82) is 0 Å². The molecule has 0 aliphatic rings. The molecule has 1 amide bonds. The molecule has 0 aliphatic carbocycles. The molecule has 0 saturated carbocycles. The summed E-state index contributed by atoms with van der Waals surface area (Å²) in [7, 11) is 0. The van der Waals surface area contributed by atoms with Gasteiger partial charge in [0.2, 0.25) is 5.91 Å². The summed E-state index contributed by atoms with van der Waals surface area (Å²) in [5.74, 6) is 0.744. The summed E-state index contributed by atoms with van der Waals surface area (Å²) in [6.07, 6.45) is 4.06. The van der Waals surface area contributed by atoms with Crippen LogP contribution in [0.5, 0.6) is 0 Å². The molecule has 0 N–H and O–H groups in total. The Morgan fingerprint density at radius 2 is 2.05 bits per heavy atom. The van der Waals surface area contributed by atoms with Crippen LogP contribution in [-0.4, -0.2) is 5.91 Å². The molecule has 1 aromatic heterocycles. The minimum atomic E-state index is -0.160.